The molecule has 0 aliphatic carbocycles. The Kier molecular flexibility index (Phi) is 8.15. The van der Waals surface area contributed by atoms with Gasteiger partial charge in [0, 0.05) is 25.3 Å². The Morgan fingerprint density at radius 2 is 1.89 bits per heavy atom. The van der Waals surface area contributed by atoms with Gasteiger partial charge in [-0.3, -0.25) is 4.55 Å². The molecule has 0 radical (unpaired) electrons. The van der Waals surface area contributed by atoms with Crippen molar-refractivity contribution in [2.75, 3.05) is 13.1 Å². The SMILES string of the molecule is CCCN1C=CC(C)N(CCC)C1=S.O=S(=O)([O-])O.[H+]. The van der Waals surface area contributed by atoms with Crippen molar-refractivity contribution in [1.29, 1.82) is 0 Å². The molecule has 1 aliphatic rings. The molecule has 112 valence electrons. The van der Waals surface area contributed by atoms with Crippen molar-refractivity contribution < 1.29 is 18.9 Å². The highest BCUT2D eigenvalue weighted by Gasteiger charge is 2.21. The molecule has 0 fully saturated rings. The van der Waals surface area contributed by atoms with Crippen molar-refractivity contribution in [2.24, 2.45) is 0 Å². The zero-order valence-electron chi connectivity index (χ0n) is 12.4. The molecule has 0 saturated heterocycles. The number of thiocarbonyl (C=S) groups is 1. The number of rotatable bonds is 4. The number of hydrogen-bond acceptors (Lipinski definition) is 4. The molecule has 1 atom stereocenters. The maximum Gasteiger partial charge on any atom is 1.00 e. The minimum Gasteiger partial charge on any atom is -0.726 e. The van der Waals surface area contributed by atoms with Crippen molar-refractivity contribution in [1.82, 2.24) is 9.80 Å². The van der Waals surface area contributed by atoms with Gasteiger partial charge in [0.05, 0.1) is 0 Å². The van der Waals surface area contributed by atoms with Crippen LogP contribution in [-0.2, 0) is 10.4 Å². The normalized spacial score (nSPS) is 19.2. The maximum atomic E-state index is 8.63. The van der Waals surface area contributed by atoms with E-state index in [0.29, 0.717) is 6.04 Å². The lowest BCUT2D eigenvalue weighted by atomic mass is 10.2. The minimum atomic E-state index is -4.92. The Balaban J connectivity index is 0. The molecule has 1 heterocycles. The Bertz CT molecular complexity index is 407. The zero-order chi connectivity index (χ0) is 15.1. The van der Waals surface area contributed by atoms with Gasteiger partial charge in [-0.25, -0.2) is 8.42 Å². The van der Waals surface area contributed by atoms with Crippen LogP contribution in [0.25, 0.3) is 0 Å². The fourth-order valence-corrected chi connectivity index (χ4v) is 2.10. The molecule has 0 aromatic heterocycles. The van der Waals surface area contributed by atoms with Crippen LogP contribution in [-0.4, -0.2) is 51.6 Å². The van der Waals surface area contributed by atoms with Crippen LogP contribution < -0.4 is 0 Å². The number of hydrogen-bond donors (Lipinski definition) is 1. The monoisotopic (exact) mass is 310 g/mol. The summed E-state index contributed by atoms with van der Waals surface area (Å²) in [4.78, 5) is 4.47. The van der Waals surface area contributed by atoms with Crippen molar-refractivity contribution in [3.05, 3.63) is 12.3 Å². The molecule has 1 unspecified atom stereocenters. The molecule has 19 heavy (non-hydrogen) atoms. The standard InChI is InChI=1S/C11H20N2S.H2O4S/c1-4-7-12-9-6-10(3)13(8-5-2)11(12)14;1-5(2,3)4/h6,9-10H,4-5,7-8H2,1-3H3;(H2,1,2,3,4). The molecule has 0 bridgehead atoms. The number of nitrogens with zero attached hydrogens (tertiary/aromatic N) is 2. The fourth-order valence-electron chi connectivity index (χ4n) is 1.69. The van der Waals surface area contributed by atoms with Gasteiger partial charge in [-0.1, -0.05) is 13.8 Å². The smallest absolute Gasteiger partial charge is 0.726 e. The van der Waals surface area contributed by atoms with E-state index in [9.17, 15) is 0 Å². The highest BCUT2D eigenvalue weighted by Crippen LogP contribution is 2.14. The second-order valence-corrected chi connectivity index (χ2v) is 5.40. The third-order valence-electron chi connectivity index (χ3n) is 2.46. The highest BCUT2D eigenvalue weighted by molar-refractivity contribution is 7.80. The van der Waals surface area contributed by atoms with Crippen LogP contribution in [0, 0.1) is 0 Å². The molecule has 1 rings (SSSR count). The summed E-state index contributed by atoms with van der Waals surface area (Å²) in [6, 6.07) is 0.454. The quantitative estimate of drug-likeness (QED) is 0.481. The third-order valence-corrected chi connectivity index (χ3v) is 2.93. The average Bonchev–Trinajstić information content (AvgIpc) is 2.26. The van der Waals surface area contributed by atoms with Crippen LogP contribution in [0.15, 0.2) is 12.3 Å². The molecule has 0 aromatic carbocycles. The van der Waals surface area contributed by atoms with Gasteiger partial charge in [0.25, 0.3) is 0 Å². The van der Waals surface area contributed by atoms with E-state index in [1.54, 1.807) is 0 Å². The second kappa shape index (κ2) is 8.47. The Morgan fingerprint density at radius 1 is 1.42 bits per heavy atom. The molecule has 0 saturated carbocycles. The van der Waals surface area contributed by atoms with E-state index < -0.39 is 10.4 Å². The van der Waals surface area contributed by atoms with E-state index in [-0.39, 0.29) is 1.43 Å². The first kappa shape index (κ1) is 18.3. The first-order chi connectivity index (χ1) is 8.70. The van der Waals surface area contributed by atoms with Crippen molar-refractivity contribution in [2.45, 2.75) is 39.7 Å². The Hall–Kier alpha value is -0.700. The summed E-state index contributed by atoms with van der Waals surface area (Å²) in [6.45, 7) is 8.66. The Labute approximate surface area is 122 Å². The summed E-state index contributed by atoms with van der Waals surface area (Å²) in [6.07, 6.45) is 6.64. The van der Waals surface area contributed by atoms with Gasteiger partial charge in [-0.15, -0.1) is 0 Å². The Morgan fingerprint density at radius 3 is 2.32 bits per heavy atom. The van der Waals surface area contributed by atoms with E-state index in [0.717, 1.165) is 31.0 Å². The summed E-state index contributed by atoms with van der Waals surface area (Å²) in [7, 11) is -4.92. The van der Waals surface area contributed by atoms with E-state index in [1.807, 2.05) is 0 Å². The zero-order valence-corrected chi connectivity index (χ0v) is 13.1. The molecular formula is C11H22N2O4S2. The molecule has 0 aromatic rings. The van der Waals surface area contributed by atoms with Crippen molar-refractivity contribution in [3.63, 3.8) is 0 Å². The topological polar surface area (TPSA) is 83.9 Å². The van der Waals surface area contributed by atoms with Crippen molar-refractivity contribution in [3.8, 4) is 0 Å². The molecule has 0 amide bonds. The van der Waals surface area contributed by atoms with Crippen LogP contribution >= 0.6 is 12.2 Å². The summed E-state index contributed by atoms with van der Waals surface area (Å²) in [5, 5.41) is 0.990. The maximum absolute atomic E-state index is 8.63. The molecule has 0 spiro atoms. The van der Waals surface area contributed by atoms with Gasteiger partial charge in [-0.2, -0.15) is 0 Å². The molecule has 6 nitrogen and oxygen atoms in total. The van der Waals surface area contributed by atoms with Gasteiger partial charge in [-0.05, 0) is 38.1 Å². The van der Waals surface area contributed by atoms with Gasteiger partial charge in [0.15, 0.2) is 5.11 Å². The molecule has 1 aliphatic heterocycles. The van der Waals surface area contributed by atoms with Crippen LogP contribution in [0.4, 0.5) is 0 Å². The van der Waals surface area contributed by atoms with E-state index in [4.69, 9.17) is 29.7 Å². The first-order valence-corrected chi connectivity index (χ1v) is 7.91. The van der Waals surface area contributed by atoms with Crippen LogP contribution in [0.1, 0.15) is 35.0 Å². The first-order valence-electron chi connectivity index (χ1n) is 6.14. The van der Waals surface area contributed by atoms with E-state index in [2.05, 4.69) is 42.8 Å². The highest BCUT2D eigenvalue weighted by atomic mass is 32.3. The summed E-state index contributed by atoms with van der Waals surface area (Å²) in [5.41, 5.74) is 0. The average molecular weight is 310 g/mol. The van der Waals surface area contributed by atoms with Crippen molar-refractivity contribution >= 4 is 27.7 Å². The summed E-state index contributed by atoms with van der Waals surface area (Å²) in [5.74, 6) is 0. The minimum absolute atomic E-state index is 0. The summed E-state index contributed by atoms with van der Waals surface area (Å²) >= 11 is 5.46. The predicted molar refractivity (Wildman–Crippen MR) is 78.6 cm³/mol. The van der Waals surface area contributed by atoms with Gasteiger partial charge < -0.3 is 14.4 Å². The van der Waals surface area contributed by atoms with E-state index >= 15 is 0 Å². The molecular weight excluding hydrogens is 288 g/mol. The lowest BCUT2D eigenvalue weighted by Gasteiger charge is -2.38. The van der Waals surface area contributed by atoms with Gasteiger partial charge in [0.2, 0.25) is 10.4 Å². The third kappa shape index (κ3) is 8.14. The molecule has 1 N–H and O–H groups in total. The summed E-state index contributed by atoms with van der Waals surface area (Å²) < 4.78 is 32.8. The lowest BCUT2D eigenvalue weighted by molar-refractivity contribution is 0.317. The fraction of sp³-hybridized carbons (Fsp3) is 0.727. The van der Waals surface area contributed by atoms with Crippen LogP contribution in [0.5, 0.6) is 0 Å². The van der Waals surface area contributed by atoms with Crippen LogP contribution in [0.2, 0.25) is 0 Å². The van der Waals surface area contributed by atoms with Crippen LogP contribution in [0.3, 0.4) is 0 Å². The second-order valence-electron chi connectivity index (χ2n) is 4.18. The largest absolute Gasteiger partial charge is 1.00 e. The van der Waals surface area contributed by atoms with Gasteiger partial charge in [0.1, 0.15) is 0 Å². The predicted octanol–water partition coefficient (Wildman–Crippen LogP) is 1.73. The lowest BCUT2D eigenvalue weighted by Crippen LogP contribution is -2.48. The molecule has 8 heteroatoms. The van der Waals surface area contributed by atoms with Gasteiger partial charge >= 0.3 is 1.43 Å². The van der Waals surface area contributed by atoms with E-state index in [1.165, 1.54) is 0 Å².